The maximum atomic E-state index is 4.42. The predicted molar refractivity (Wildman–Crippen MR) is 74.8 cm³/mol. The summed E-state index contributed by atoms with van der Waals surface area (Å²) in [5.41, 5.74) is 6.18. The van der Waals surface area contributed by atoms with E-state index in [1.807, 2.05) is 25.7 Å². The van der Waals surface area contributed by atoms with Crippen molar-refractivity contribution in [2.45, 2.75) is 26.8 Å². The molecular formula is C15H21N3. The van der Waals surface area contributed by atoms with Crippen LogP contribution in [-0.2, 0) is 7.05 Å². The van der Waals surface area contributed by atoms with Gasteiger partial charge in [0.1, 0.15) is 0 Å². The summed E-state index contributed by atoms with van der Waals surface area (Å²) >= 11 is 0. The van der Waals surface area contributed by atoms with E-state index in [1.54, 1.807) is 0 Å². The van der Waals surface area contributed by atoms with Crippen LogP contribution in [0.25, 0.3) is 0 Å². The van der Waals surface area contributed by atoms with Crippen molar-refractivity contribution in [3.05, 3.63) is 52.3 Å². The van der Waals surface area contributed by atoms with Crippen LogP contribution in [-0.4, -0.2) is 16.8 Å². The normalized spacial score (nSPS) is 12.7. The van der Waals surface area contributed by atoms with Gasteiger partial charge in [-0.1, -0.05) is 18.2 Å². The maximum Gasteiger partial charge on any atom is 0.0745 e. The molecule has 0 aliphatic carbocycles. The van der Waals surface area contributed by atoms with Gasteiger partial charge >= 0.3 is 0 Å². The number of rotatable bonds is 3. The minimum atomic E-state index is 0.190. The third kappa shape index (κ3) is 2.31. The summed E-state index contributed by atoms with van der Waals surface area (Å²) in [5, 5.41) is 7.80. The van der Waals surface area contributed by atoms with E-state index in [1.165, 1.54) is 22.4 Å². The first kappa shape index (κ1) is 12.8. The van der Waals surface area contributed by atoms with Gasteiger partial charge in [0.2, 0.25) is 0 Å². The molecule has 0 radical (unpaired) electrons. The molecule has 1 aromatic carbocycles. The highest BCUT2D eigenvalue weighted by Crippen LogP contribution is 2.23. The fraction of sp³-hybridized carbons (Fsp3) is 0.400. The monoisotopic (exact) mass is 243 g/mol. The molecular weight excluding hydrogens is 222 g/mol. The molecule has 0 bridgehead atoms. The highest BCUT2D eigenvalue weighted by Gasteiger charge is 2.16. The predicted octanol–water partition coefficient (Wildman–Crippen LogP) is 2.65. The summed E-state index contributed by atoms with van der Waals surface area (Å²) in [6, 6.07) is 8.94. The lowest BCUT2D eigenvalue weighted by molar-refractivity contribution is 0.604. The summed E-state index contributed by atoms with van der Waals surface area (Å²) in [7, 11) is 3.98. The molecule has 1 heterocycles. The van der Waals surface area contributed by atoms with E-state index in [-0.39, 0.29) is 6.04 Å². The largest absolute Gasteiger partial charge is 0.308 e. The Labute approximate surface area is 109 Å². The van der Waals surface area contributed by atoms with Crippen LogP contribution in [0.1, 0.15) is 34.1 Å². The molecule has 0 saturated heterocycles. The van der Waals surface area contributed by atoms with Gasteiger partial charge in [-0.05, 0) is 50.6 Å². The quantitative estimate of drug-likeness (QED) is 0.898. The molecule has 1 unspecified atom stereocenters. The Morgan fingerprint density at radius 2 is 1.83 bits per heavy atom. The number of hydrogen-bond acceptors (Lipinski definition) is 2. The molecule has 0 fully saturated rings. The molecule has 2 aromatic rings. The molecule has 0 saturated carbocycles. The van der Waals surface area contributed by atoms with Crippen LogP contribution in [0.4, 0.5) is 0 Å². The third-order valence-corrected chi connectivity index (χ3v) is 3.49. The summed E-state index contributed by atoms with van der Waals surface area (Å²) in [6.07, 6.45) is 0. The SMILES string of the molecule is CNC(c1ccc(C)c(C)c1)c1cc(C)nn1C. The second kappa shape index (κ2) is 4.94. The average Bonchev–Trinajstić information content (AvgIpc) is 2.64. The first-order chi connectivity index (χ1) is 8.52. The highest BCUT2D eigenvalue weighted by molar-refractivity contribution is 5.35. The first-order valence-corrected chi connectivity index (χ1v) is 6.28. The smallest absolute Gasteiger partial charge is 0.0745 e. The van der Waals surface area contributed by atoms with E-state index < -0.39 is 0 Å². The van der Waals surface area contributed by atoms with Crippen LogP contribution in [0.3, 0.4) is 0 Å². The molecule has 3 heteroatoms. The zero-order chi connectivity index (χ0) is 13.3. The topological polar surface area (TPSA) is 29.9 Å². The van der Waals surface area contributed by atoms with Gasteiger partial charge in [-0.25, -0.2) is 0 Å². The van der Waals surface area contributed by atoms with Gasteiger partial charge in [0.25, 0.3) is 0 Å². The van der Waals surface area contributed by atoms with Crippen molar-refractivity contribution < 1.29 is 0 Å². The van der Waals surface area contributed by atoms with Crippen molar-refractivity contribution in [2.24, 2.45) is 7.05 Å². The zero-order valence-corrected chi connectivity index (χ0v) is 11.8. The van der Waals surface area contributed by atoms with Crippen LogP contribution in [0, 0.1) is 20.8 Å². The Hall–Kier alpha value is -1.61. The van der Waals surface area contributed by atoms with Gasteiger partial charge in [0.05, 0.1) is 17.4 Å². The molecule has 2 rings (SSSR count). The van der Waals surface area contributed by atoms with E-state index in [4.69, 9.17) is 0 Å². The highest BCUT2D eigenvalue weighted by atomic mass is 15.3. The fourth-order valence-electron chi connectivity index (χ4n) is 2.33. The molecule has 0 aliphatic heterocycles. The van der Waals surface area contributed by atoms with E-state index in [0.717, 1.165) is 5.69 Å². The second-order valence-electron chi connectivity index (χ2n) is 4.90. The Balaban J connectivity index is 2.45. The first-order valence-electron chi connectivity index (χ1n) is 6.28. The van der Waals surface area contributed by atoms with Gasteiger partial charge in [0.15, 0.2) is 0 Å². The minimum absolute atomic E-state index is 0.190. The van der Waals surface area contributed by atoms with Crippen molar-refractivity contribution in [3.8, 4) is 0 Å². The summed E-state index contributed by atoms with van der Waals surface area (Å²) in [4.78, 5) is 0. The molecule has 1 atom stereocenters. The molecule has 0 spiro atoms. The number of nitrogens with zero attached hydrogens (tertiary/aromatic N) is 2. The van der Waals surface area contributed by atoms with Crippen molar-refractivity contribution >= 4 is 0 Å². The third-order valence-electron chi connectivity index (χ3n) is 3.49. The lowest BCUT2D eigenvalue weighted by Gasteiger charge is -2.18. The van der Waals surface area contributed by atoms with Gasteiger partial charge in [-0.15, -0.1) is 0 Å². The van der Waals surface area contributed by atoms with E-state index in [9.17, 15) is 0 Å². The van der Waals surface area contributed by atoms with Gasteiger partial charge in [0, 0.05) is 7.05 Å². The van der Waals surface area contributed by atoms with Crippen LogP contribution < -0.4 is 5.32 Å². The Morgan fingerprint density at radius 3 is 2.33 bits per heavy atom. The van der Waals surface area contributed by atoms with Crippen LogP contribution in [0.2, 0.25) is 0 Å². The lowest BCUT2D eigenvalue weighted by Crippen LogP contribution is -2.20. The molecule has 1 N–H and O–H groups in total. The molecule has 1 aromatic heterocycles. The van der Waals surface area contributed by atoms with E-state index >= 15 is 0 Å². The van der Waals surface area contributed by atoms with Crippen molar-refractivity contribution in [3.63, 3.8) is 0 Å². The molecule has 0 amide bonds. The van der Waals surface area contributed by atoms with Crippen LogP contribution in [0.5, 0.6) is 0 Å². The summed E-state index contributed by atoms with van der Waals surface area (Å²) < 4.78 is 1.95. The van der Waals surface area contributed by atoms with Gasteiger partial charge < -0.3 is 5.32 Å². The number of benzene rings is 1. The number of nitrogens with one attached hydrogen (secondary N) is 1. The van der Waals surface area contributed by atoms with Crippen molar-refractivity contribution in [1.29, 1.82) is 0 Å². The van der Waals surface area contributed by atoms with E-state index in [2.05, 4.69) is 48.5 Å². The number of hydrogen-bond donors (Lipinski definition) is 1. The lowest BCUT2D eigenvalue weighted by atomic mass is 9.99. The fourth-order valence-corrected chi connectivity index (χ4v) is 2.33. The maximum absolute atomic E-state index is 4.42. The summed E-state index contributed by atoms with van der Waals surface area (Å²) in [6.45, 7) is 6.32. The summed E-state index contributed by atoms with van der Waals surface area (Å²) in [5.74, 6) is 0. The van der Waals surface area contributed by atoms with Gasteiger partial charge in [-0.2, -0.15) is 5.10 Å². The molecule has 18 heavy (non-hydrogen) atoms. The minimum Gasteiger partial charge on any atom is -0.308 e. The van der Waals surface area contributed by atoms with E-state index in [0.29, 0.717) is 0 Å². The second-order valence-corrected chi connectivity index (χ2v) is 4.90. The van der Waals surface area contributed by atoms with Crippen LogP contribution >= 0.6 is 0 Å². The standard InChI is InChI=1S/C15H21N3/c1-10-6-7-13(8-11(10)2)15(16-4)14-9-12(3)17-18(14)5/h6-9,15-16H,1-5H3. The van der Waals surface area contributed by atoms with Crippen molar-refractivity contribution in [2.75, 3.05) is 7.05 Å². The Bertz CT molecular complexity index is 555. The number of aromatic nitrogens is 2. The average molecular weight is 243 g/mol. The van der Waals surface area contributed by atoms with Crippen molar-refractivity contribution in [1.82, 2.24) is 15.1 Å². The molecule has 0 aliphatic rings. The number of aryl methyl sites for hydroxylation is 4. The Morgan fingerprint density at radius 1 is 1.11 bits per heavy atom. The Kier molecular flexibility index (Phi) is 3.53. The molecule has 96 valence electrons. The van der Waals surface area contributed by atoms with Gasteiger partial charge in [-0.3, -0.25) is 4.68 Å². The molecule has 3 nitrogen and oxygen atoms in total. The van der Waals surface area contributed by atoms with Crippen LogP contribution in [0.15, 0.2) is 24.3 Å². The zero-order valence-electron chi connectivity index (χ0n) is 11.8.